The number of rotatable bonds is 7. The van der Waals surface area contributed by atoms with Crippen molar-refractivity contribution in [2.24, 2.45) is 0 Å². The van der Waals surface area contributed by atoms with Gasteiger partial charge in [-0.3, -0.25) is 9.59 Å². The van der Waals surface area contributed by atoms with Gasteiger partial charge in [-0.15, -0.1) is 0 Å². The standard InChI is InChI=1S/C21H26N2O4S/c1-3-22-20(25)21(15-23(9-10-27-21)19(24)13-26-2)12-16-6-4-5-7-18(16)17-8-11-28-14-17/h4-8,11,14H,3,9-10,12-13,15H2,1-2H3,(H,22,25)/t21-/m0/s1. The minimum absolute atomic E-state index is 0.00301. The molecule has 1 aliphatic heterocycles. The van der Waals surface area contributed by atoms with Crippen molar-refractivity contribution in [1.82, 2.24) is 10.2 Å². The minimum Gasteiger partial charge on any atom is -0.375 e. The zero-order chi connectivity index (χ0) is 20.0. The summed E-state index contributed by atoms with van der Waals surface area (Å²) in [6.45, 7) is 3.35. The lowest BCUT2D eigenvalue weighted by Gasteiger charge is -2.41. The minimum atomic E-state index is -1.12. The lowest BCUT2D eigenvalue weighted by molar-refractivity contribution is -0.167. The predicted molar refractivity (Wildman–Crippen MR) is 109 cm³/mol. The quantitative estimate of drug-likeness (QED) is 0.772. The first-order valence-corrected chi connectivity index (χ1v) is 10.3. The molecule has 2 amide bonds. The summed E-state index contributed by atoms with van der Waals surface area (Å²) in [5.74, 6) is -0.323. The second kappa shape index (κ2) is 9.32. The van der Waals surface area contributed by atoms with Gasteiger partial charge in [-0.25, -0.2) is 0 Å². The van der Waals surface area contributed by atoms with Crippen molar-refractivity contribution in [2.75, 3.05) is 40.0 Å². The summed E-state index contributed by atoms with van der Waals surface area (Å²) in [5, 5.41) is 7.02. The van der Waals surface area contributed by atoms with Crippen LogP contribution in [0, 0.1) is 0 Å². The first kappa shape index (κ1) is 20.5. The number of amides is 2. The summed E-state index contributed by atoms with van der Waals surface area (Å²) in [6, 6.07) is 10.1. The van der Waals surface area contributed by atoms with Crippen LogP contribution in [0.3, 0.4) is 0 Å². The van der Waals surface area contributed by atoms with Crippen molar-refractivity contribution in [2.45, 2.75) is 18.9 Å². The van der Waals surface area contributed by atoms with E-state index in [-0.39, 0.29) is 25.0 Å². The van der Waals surface area contributed by atoms with Gasteiger partial charge in [-0.05, 0) is 40.4 Å². The number of nitrogens with one attached hydrogen (secondary N) is 1. The average molecular weight is 403 g/mol. The lowest BCUT2D eigenvalue weighted by Crippen LogP contribution is -2.62. The second-order valence-electron chi connectivity index (χ2n) is 6.80. The first-order chi connectivity index (χ1) is 13.6. The number of carbonyl (C=O) groups is 2. The number of morpholine rings is 1. The molecule has 0 spiro atoms. The summed E-state index contributed by atoms with van der Waals surface area (Å²) >= 11 is 1.64. The number of nitrogens with zero attached hydrogens (tertiary/aromatic N) is 1. The lowest BCUT2D eigenvalue weighted by atomic mass is 9.87. The van der Waals surface area contributed by atoms with E-state index < -0.39 is 5.60 Å². The van der Waals surface area contributed by atoms with Crippen molar-refractivity contribution in [1.29, 1.82) is 0 Å². The largest absolute Gasteiger partial charge is 0.375 e. The van der Waals surface area contributed by atoms with Gasteiger partial charge in [0.1, 0.15) is 6.61 Å². The molecular weight excluding hydrogens is 376 g/mol. The van der Waals surface area contributed by atoms with Crippen LogP contribution in [0.5, 0.6) is 0 Å². The van der Waals surface area contributed by atoms with Crippen molar-refractivity contribution >= 4 is 23.2 Å². The Morgan fingerprint density at radius 1 is 1.32 bits per heavy atom. The Bertz CT molecular complexity index is 808. The Kier molecular flexibility index (Phi) is 6.83. The van der Waals surface area contributed by atoms with Crippen LogP contribution in [0.25, 0.3) is 11.1 Å². The van der Waals surface area contributed by atoms with Gasteiger partial charge in [0, 0.05) is 26.6 Å². The van der Waals surface area contributed by atoms with Crippen LogP contribution in [0.15, 0.2) is 41.1 Å². The van der Waals surface area contributed by atoms with Crippen LogP contribution >= 0.6 is 11.3 Å². The predicted octanol–water partition coefficient (Wildman–Crippen LogP) is 2.34. The zero-order valence-corrected chi connectivity index (χ0v) is 17.1. The van der Waals surface area contributed by atoms with Crippen molar-refractivity contribution < 1.29 is 19.1 Å². The molecule has 0 radical (unpaired) electrons. The summed E-state index contributed by atoms with van der Waals surface area (Å²) in [7, 11) is 1.49. The molecule has 1 fully saturated rings. The Balaban J connectivity index is 1.94. The van der Waals surface area contributed by atoms with E-state index in [4.69, 9.17) is 9.47 Å². The van der Waals surface area contributed by atoms with Crippen LogP contribution in [-0.2, 0) is 25.5 Å². The van der Waals surface area contributed by atoms with Crippen molar-refractivity contribution in [3.63, 3.8) is 0 Å². The highest BCUT2D eigenvalue weighted by Crippen LogP contribution is 2.31. The summed E-state index contributed by atoms with van der Waals surface area (Å²) in [6.07, 6.45) is 0.390. The molecule has 6 nitrogen and oxygen atoms in total. The summed E-state index contributed by atoms with van der Waals surface area (Å²) < 4.78 is 11.1. The fraction of sp³-hybridized carbons (Fsp3) is 0.429. The van der Waals surface area contributed by atoms with E-state index >= 15 is 0 Å². The SMILES string of the molecule is CCNC(=O)[C@]1(Cc2ccccc2-c2ccsc2)CN(C(=O)COC)CCO1. The zero-order valence-electron chi connectivity index (χ0n) is 16.3. The van der Waals surface area contributed by atoms with Crippen LogP contribution in [0.4, 0.5) is 0 Å². The van der Waals surface area contributed by atoms with E-state index in [1.54, 1.807) is 16.2 Å². The van der Waals surface area contributed by atoms with E-state index in [2.05, 4.69) is 22.8 Å². The number of thiophene rings is 1. The number of methoxy groups -OCH3 is 1. The maximum absolute atomic E-state index is 13.0. The van der Waals surface area contributed by atoms with Crippen molar-refractivity contribution in [3.05, 3.63) is 46.7 Å². The van der Waals surface area contributed by atoms with E-state index in [1.807, 2.05) is 30.5 Å². The van der Waals surface area contributed by atoms with Gasteiger partial charge in [0.25, 0.3) is 5.91 Å². The van der Waals surface area contributed by atoms with E-state index in [1.165, 1.54) is 7.11 Å². The highest BCUT2D eigenvalue weighted by Gasteiger charge is 2.45. The number of hydrogen-bond acceptors (Lipinski definition) is 5. The van der Waals surface area contributed by atoms with Crippen LogP contribution in [0.2, 0.25) is 0 Å². The monoisotopic (exact) mass is 402 g/mol. The Labute approximate surface area is 169 Å². The molecule has 3 rings (SSSR count). The van der Waals surface area contributed by atoms with Crippen LogP contribution in [0.1, 0.15) is 12.5 Å². The van der Waals surface area contributed by atoms with Gasteiger partial charge in [0.05, 0.1) is 13.2 Å². The molecule has 1 N–H and O–H groups in total. The molecule has 1 aromatic carbocycles. The Hall–Kier alpha value is -2.22. The molecule has 1 aromatic heterocycles. The molecule has 150 valence electrons. The molecule has 0 bridgehead atoms. The molecular formula is C21H26N2O4S. The topological polar surface area (TPSA) is 67.9 Å². The Morgan fingerprint density at radius 2 is 2.14 bits per heavy atom. The molecule has 0 aliphatic carbocycles. The summed E-state index contributed by atoms with van der Waals surface area (Å²) in [4.78, 5) is 27.1. The summed E-state index contributed by atoms with van der Waals surface area (Å²) in [5.41, 5.74) is 2.10. The smallest absolute Gasteiger partial charge is 0.254 e. The molecule has 2 heterocycles. The molecule has 7 heteroatoms. The van der Waals surface area contributed by atoms with Crippen LogP contribution < -0.4 is 5.32 Å². The number of hydrogen-bond donors (Lipinski definition) is 1. The molecule has 1 atom stereocenters. The highest BCUT2D eigenvalue weighted by molar-refractivity contribution is 7.08. The Morgan fingerprint density at radius 3 is 2.86 bits per heavy atom. The third-order valence-electron chi connectivity index (χ3n) is 4.88. The third kappa shape index (κ3) is 4.43. The van der Waals surface area contributed by atoms with Gasteiger partial charge in [0.15, 0.2) is 5.60 Å². The van der Waals surface area contributed by atoms with E-state index in [9.17, 15) is 9.59 Å². The number of likely N-dealkylation sites (N-methyl/N-ethyl adjacent to an activating group) is 1. The van der Waals surface area contributed by atoms with Gasteiger partial charge in [-0.1, -0.05) is 24.3 Å². The van der Waals surface area contributed by atoms with Crippen molar-refractivity contribution in [3.8, 4) is 11.1 Å². The van der Waals surface area contributed by atoms with Gasteiger partial charge < -0.3 is 19.7 Å². The molecule has 2 aromatic rings. The number of ether oxygens (including phenoxy) is 2. The number of benzene rings is 1. The molecule has 1 saturated heterocycles. The third-order valence-corrected chi connectivity index (χ3v) is 5.57. The van der Waals surface area contributed by atoms with Gasteiger partial charge >= 0.3 is 0 Å². The fourth-order valence-electron chi connectivity index (χ4n) is 3.54. The molecule has 28 heavy (non-hydrogen) atoms. The first-order valence-electron chi connectivity index (χ1n) is 9.39. The highest BCUT2D eigenvalue weighted by atomic mass is 32.1. The molecule has 0 saturated carbocycles. The maximum atomic E-state index is 13.0. The van der Waals surface area contributed by atoms with E-state index in [0.717, 1.165) is 16.7 Å². The normalized spacial score (nSPS) is 19.4. The average Bonchev–Trinajstić information content (AvgIpc) is 3.23. The number of carbonyl (C=O) groups excluding carboxylic acids is 2. The second-order valence-corrected chi connectivity index (χ2v) is 7.58. The molecule has 0 unspecified atom stereocenters. The van der Waals surface area contributed by atoms with Gasteiger partial charge in [-0.2, -0.15) is 11.3 Å². The van der Waals surface area contributed by atoms with E-state index in [0.29, 0.717) is 26.1 Å². The van der Waals surface area contributed by atoms with Crippen LogP contribution in [-0.4, -0.2) is 62.3 Å². The molecule has 1 aliphatic rings. The fourth-order valence-corrected chi connectivity index (χ4v) is 4.20. The van der Waals surface area contributed by atoms with Gasteiger partial charge in [0.2, 0.25) is 5.91 Å². The maximum Gasteiger partial charge on any atom is 0.254 e.